The first kappa shape index (κ1) is 14.5. The second-order valence-corrected chi connectivity index (χ2v) is 4.17. The van der Waals surface area contributed by atoms with Crippen LogP contribution < -0.4 is 16.0 Å². The molecule has 0 aliphatic heterocycles. The molecule has 0 aromatic heterocycles. The number of ether oxygens (including phenoxy) is 1. The molecular formula is C15H12FN3O2. The summed E-state index contributed by atoms with van der Waals surface area (Å²) in [7, 11) is 0. The molecule has 0 fully saturated rings. The molecule has 21 heavy (non-hydrogen) atoms. The van der Waals surface area contributed by atoms with Crippen molar-refractivity contribution in [2.45, 2.75) is 6.61 Å². The van der Waals surface area contributed by atoms with Crippen molar-refractivity contribution in [2.24, 2.45) is 5.84 Å². The Hall–Kier alpha value is -2.91. The second-order valence-electron chi connectivity index (χ2n) is 4.17. The Labute approximate surface area is 120 Å². The van der Waals surface area contributed by atoms with Gasteiger partial charge in [-0.1, -0.05) is 18.2 Å². The third-order valence-electron chi connectivity index (χ3n) is 2.85. The molecule has 3 N–H and O–H groups in total. The van der Waals surface area contributed by atoms with E-state index in [0.717, 1.165) is 6.07 Å². The highest BCUT2D eigenvalue weighted by Crippen LogP contribution is 2.18. The Balaban J connectivity index is 2.15. The summed E-state index contributed by atoms with van der Waals surface area (Å²) in [5.41, 5.74) is 3.00. The molecule has 2 aromatic rings. The molecule has 2 rings (SSSR count). The Morgan fingerprint density at radius 3 is 2.76 bits per heavy atom. The number of nitrogens with zero attached hydrogens (tertiary/aromatic N) is 1. The molecule has 2 aromatic carbocycles. The van der Waals surface area contributed by atoms with Gasteiger partial charge >= 0.3 is 0 Å². The van der Waals surface area contributed by atoms with Crippen LogP contribution in [-0.2, 0) is 6.61 Å². The lowest BCUT2D eigenvalue weighted by Gasteiger charge is -2.10. The van der Waals surface area contributed by atoms with Crippen LogP contribution in [0.2, 0.25) is 0 Å². The van der Waals surface area contributed by atoms with Gasteiger partial charge in [0.15, 0.2) is 0 Å². The molecule has 0 bridgehead atoms. The van der Waals surface area contributed by atoms with Crippen molar-refractivity contribution in [2.75, 3.05) is 0 Å². The van der Waals surface area contributed by atoms with Gasteiger partial charge in [0.05, 0.1) is 5.56 Å². The molecule has 0 aliphatic rings. The minimum atomic E-state index is -0.650. The van der Waals surface area contributed by atoms with E-state index in [0.29, 0.717) is 11.1 Å². The van der Waals surface area contributed by atoms with E-state index in [1.54, 1.807) is 30.3 Å². The first-order chi connectivity index (χ1) is 10.2. The van der Waals surface area contributed by atoms with Crippen LogP contribution in [0.5, 0.6) is 5.75 Å². The first-order valence-corrected chi connectivity index (χ1v) is 6.07. The van der Waals surface area contributed by atoms with Crippen LogP contribution in [-0.4, -0.2) is 5.91 Å². The minimum Gasteiger partial charge on any atom is -0.489 e. The van der Waals surface area contributed by atoms with Gasteiger partial charge in [-0.05, 0) is 18.2 Å². The zero-order valence-corrected chi connectivity index (χ0v) is 11.0. The molecule has 0 unspecified atom stereocenters. The Kier molecular flexibility index (Phi) is 4.49. The van der Waals surface area contributed by atoms with Crippen molar-refractivity contribution in [1.82, 2.24) is 5.43 Å². The summed E-state index contributed by atoms with van der Waals surface area (Å²) in [5, 5.41) is 8.65. The van der Waals surface area contributed by atoms with Gasteiger partial charge in [0, 0.05) is 17.2 Å². The van der Waals surface area contributed by atoms with Gasteiger partial charge < -0.3 is 4.74 Å². The zero-order chi connectivity index (χ0) is 15.2. The van der Waals surface area contributed by atoms with E-state index < -0.39 is 11.7 Å². The molecule has 6 heteroatoms. The normalized spacial score (nSPS) is 9.76. The molecule has 0 spiro atoms. The highest BCUT2D eigenvalue weighted by atomic mass is 19.1. The average molecular weight is 285 g/mol. The van der Waals surface area contributed by atoms with E-state index in [1.165, 1.54) is 12.1 Å². The van der Waals surface area contributed by atoms with Crippen LogP contribution in [0.3, 0.4) is 0 Å². The number of hydrazine groups is 1. The van der Waals surface area contributed by atoms with E-state index in [9.17, 15) is 9.18 Å². The topological polar surface area (TPSA) is 88.1 Å². The van der Waals surface area contributed by atoms with Gasteiger partial charge in [0.25, 0.3) is 5.91 Å². The largest absolute Gasteiger partial charge is 0.489 e. The molecule has 106 valence electrons. The Morgan fingerprint density at radius 1 is 1.33 bits per heavy atom. The maximum atomic E-state index is 13.5. The number of rotatable bonds is 4. The van der Waals surface area contributed by atoms with Crippen molar-refractivity contribution in [1.29, 1.82) is 5.26 Å². The van der Waals surface area contributed by atoms with E-state index in [1.807, 2.05) is 0 Å². The van der Waals surface area contributed by atoms with Crippen LogP contribution in [0.4, 0.5) is 4.39 Å². The summed E-state index contributed by atoms with van der Waals surface area (Å²) in [6.45, 7) is 0.0783. The predicted molar refractivity (Wildman–Crippen MR) is 73.5 cm³/mol. The smallest absolute Gasteiger partial charge is 0.265 e. The summed E-state index contributed by atoms with van der Waals surface area (Å²) in [5.74, 6) is 4.30. The van der Waals surface area contributed by atoms with Gasteiger partial charge in [-0.3, -0.25) is 10.2 Å². The molecule has 0 saturated heterocycles. The number of nitrogens with one attached hydrogen (secondary N) is 1. The number of hydrogen-bond donors (Lipinski definition) is 2. The highest BCUT2D eigenvalue weighted by Gasteiger charge is 2.10. The van der Waals surface area contributed by atoms with Gasteiger partial charge in [-0.25, -0.2) is 10.2 Å². The lowest BCUT2D eigenvalue weighted by molar-refractivity contribution is 0.0951. The number of carbonyl (C=O) groups is 1. The number of nitrogens with two attached hydrogens (primary N) is 1. The third kappa shape index (κ3) is 3.35. The van der Waals surface area contributed by atoms with E-state index in [-0.39, 0.29) is 17.9 Å². The molecule has 0 atom stereocenters. The summed E-state index contributed by atoms with van der Waals surface area (Å²) < 4.78 is 18.9. The minimum absolute atomic E-state index is 0.0507. The average Bonchev–Trinajstić information content (AvgIpc) is 2.52. The first-order valence-electron chi connectivity index (χ1n) is 6.07. The number of benzene rings is 2. The third-order valence-corrected chi connectivity index (χ3v) is 2.85. The lowest BCUT2D eigenvalue weighted by Crippen LogP contribution is -2.30. The number of nitrogen functional groups attached to an aromatic ring is 1. The van der Waals surface area contributed by atoms with Crippen LogP contribution >= 0.6 is 0 Å². The number of nitriles is 1. The maximum absolute atomic E-state index is 13.5. The van der Waals surface area contributed by atoms with Gasteiger partial charge in [0.2, 0.25) is 0 Å². The lowest BCUT2D eigenvalue weighted by atomic mass is 10.1. The quantitative estimate of drug-likeness (QED) is 0.510. The van der Waals surface area contributed by atoms with Gasteiger partial charge in [-0.2, -0.15) is 5.26 Å². The number of amides is 1. The van der Waals surface area contributed by atoms with E-state index >= 15 is 0 Å². The highest BCUT2D eigenvalue weighted by molar-refractivity contribution is 5.95. The van der Waals surface area contributed by atoms with Crippen LogP contribution in [0.25, 0.3) is 0 Å². The molecular weight excluding hydrogens is 273 g/mol. The second kappa shape index (κ2) is 6.50. The van der Waals surface area contributed by atoms with Crippen LogP contribution in [0.15, 0.2) is 42.5 Å². The number of carbonyl (C=O) groups excluding carboxylic acids is 1. The Bertz CT molecular complexity index is 710. The van der Waals surface area contributed by atoms with Crippen molar-refractivity contribution in [3.05, 3.63) is 65.0 Å². The molecule has 0 saturated carbocycles. The zero-order valence-electron chi connectivity index (χ0n) is 11.0. The van der Waals surface area contributed by atoms with Gasteiger partial charge in [0.1, 0.15) is 24.2 Å². The number of halogens is 1. The van der Waals surface area contributed by atoms with Crippen molar-refractivity contribution in [3.8, 4) is 11.8 Å². The molecule has 1 amide bonds. The molecule has 0 aliphatic carbocycles. The molecule has 5 nitrogen and oxygen atoms in total. The fourth-order valence-corrected chi connectivity index (χ4v) is 1.78. The SMILES string of the molecule is N#Cc1ccc(OCc2ccccc2C(=O)NN)cc1F. The number of hydrogen-bond acceptors (Lipinski definition) is 4. The Morgan fingerprint density at radius 2 is 2.10 bits per heavy atom. The maximum Gasteiger partial charge on any atom is 0.265 e. The van der Waals surface area contributed by atoms with E-state index in [2.05, 4.69) is 5.43 Å². The fraction of sp³-hybridized carbons (Fsp3) is 0.0667. The molecule has 0 heterocycles. The van der Waals surface area contributed by atoms with Crippen LogP contribution in [0, 0.1) is 17.1 Å². The standard InChI is InChI=1S/C15H12FN3O2/c16-14-7-12(6-5-10(14)8-17)21-9-11-3-1-2-4-13(11)15(20)19-18/h1-7H,9,18H2,(H,19,20). The van der Waals surface area contributed by atoms with E-state index in [4.69, 9.17) is 15.8 Å². The summed E-state index contributed by atoms with van der Waals surface area (Å²) in [6, 6.07) is 12.5. The summed E-state index contributed by atoms with van der Waals surface area (Å²) in [6.07, 6.45) is 0. The predicted octanol–water partition coefficient (Wildman–Crippen LogP) is 1.88. The van der Waals surface area contributed by atoms with Crippen molar-refractivity contribution < 1.29 is 13.9 Å². The molecule has 0 radical (unpaired) electrons. The van der Waals surface area contributed by atoms with Crippen LogP contribution in [0.1, 0.15) is 21.5 Å². The monoisotopic (exact) mass is 285 g/mol. The van der Waals surface area contributed by atoms with Crippen molar-refractivity contribution in [3.63, 3.8) is 0 Å². The van der Waals surface area contributed by atoms with Gasteiger partial charge in [-0.15, -0.1) is 0 Å². The van der Waals surface area contributed by atoms with Crippen molar-refractivity contribution >= 4 is 5.91 Å². The summed E-state index contributed by atoms with van der Waals surface area (Å²) >= 11 is 0. The summed E-state index contributed by atoms with van der Waals surface area (Å²) in [4.78, 5) is 11.6. The fourth-order valence-electron chi connectivity index (χ4n) is 1.78.